The molecule has 0 fully saturated rings. The molecule has 1 aromatic carbocycles. The standard InChI is InChI=1S/C13H19F3N2S/c1-9(2)7-19-8-12(18-17)10-5-3-4-6-11(10)13(14,15)16/h3-6,9,12,18H,7-8,17H2,1-2H3. The molecule has 6 heteroatoms. The molecular weight excluding hydrogens is 273 g/mol. The van der Waals surface area contributed by atoms with E-state index in [9.17, 15) is 13.2 Å². The van der Waals surface area contributed by atoms with Gasteiger partial charge in [0.05, 0.1) is 11.6 Å². The van der Waals surface area contributed by atoms with Crippen molar-refractivity contribution in [1.29, 1.82) is 0 Å². The maximum Gasteiger partial charge on any atom is 0.416 e. The molecule has 0 aliphatic heterocycles. The number of hydrazine groups is 1. The molecule has 3 N–H and O–H groups in total. The summed E-state index contributed by atoms with van der Waals surface area (Å²) in [5, 5.41) is 0. The van der Waals surface area contributed by atoms with Crippen LogP contribution < -0.4 is 11.3 Å². The van der Waals surface area contributed by atoms with Crippen molar-refractivity contribution in [3.05, 3.63) is 35.4 Å². The van der Waals surface area contributed by atoms with Gasteiger partial charge in [0.2, 0.25) is 0 Å². The van der Waals surface area contributed by atoms with Crippen molar-refractivity contribution >= 4 is 11.8 Å². The van der Waals surface area contributed by atoms with E-state index >= 15 is 0 Å². The van der Waals surface area contributed by atoms with Gasteiger partial charge in [0, 0.05) is 5.75 Å². The summed E-state index contributed by atoms with van der Waals surface area (Å²) in [6.45, 7) is 4.14. The molecule has 0 heterocycles. The third-order valence-electron chi connectivity index (χ3n) is 2.58. The molecule has 1 unspecified atom stereocenters. The van der Waals surface area contributed by atoms with Crippen LogP contribution in [0.1, 0.15) is 31.0 Å². The molecule has 0 saturated heterocycles. The fourth-order valence-electron chi connectivity index (χ4n) is 1.71. The lowest BCUT2D eigenvalue weighted by Crippen LogP contribution is -2.31. The minimum Gasteiger partial charge on any atom is -0.271 e. The normalized spacial score (nSPS) is 13.8. The predicted molar refractivity (Wildman–Crippen MR) is 73.7 cm³/mol. The Hall–Kier alpha value is -0.720. The summed E-state index contributed by atoms with van der Waals surface area (Å²) in [6, 6.07) is 5.06. The number of alkyl halides is 3. The molecule has 108 valence electrons. The van der Waals surface area contributed by atoms with Crippen LogP contribution in [0.4, 0.5) is 13.2 Å². The van der Waals surface area contributed by atoms with E-state index in [-0.39, 0.29) is 5.56 Å². The quantitative estimate of drug-likeness (QED) is 0.621. The smallest absolute Gasteiger partial charge is 0.271 e. The van der Waals surface area contributed by atoms with Gasteiger partial charge in [-0.3, -0.25) is 11.3 Å². The van der Waals surface area contributed by atoms with Crippen LogP contribution in [-0.2, 0) is 6.18 Å². The van der Waals surface area contributed by atoms with Gasteiger partial charge in [-0.2, -0.15) is 24.9 Å². The van der Waals surface area contributed by atoms with Gasteiger partial charge < -0.3 is 0 Å². The van der Waals surface area contributed by atoms with E-state index in [2.05, 4.69) is 19.3 Å². The lowest BCUT2D eigenvalue weighted by atomic mass is 10.0. The lowest BCUT2D eigenvalue weighted by Gasteiger charge is -2.21. The van der Waals surface area contributed by atoms with Crippen LogP contribution in [0.2, 0.25) is 0 Å². The highest BCUT2D eigenvalue weighted by atomic mass is 32.2. The molecule has 0 aliphatic rings. The van der Waals surface area contributed by atoms with E-state index in [4.69, 9.17) is 5.84 Å². The third-order valence-corrected chi connectivity index (χ3v) is 4.05. The molecule has 0 bridgehead atoms. The van der Waals surface area contributed by atoms with Gasteiger partial charge in [-0.05, 0) is 23.3 Å². The number of nitrogens with two attached hydrogens (primary N) is 1. The summed E-state index contributed by atoms with van der Waals surface area (Å²) >= 11 is 1.60. The van der Waals surface area contributed by atoms with Gasteiger partial charge in [-0.25, -0.2) is 0 Å². The monoisotopic (exact) mass is 292 g/mol. The number of nitrogens with one attached hydrogen (secondary N) is 1. The molecule has 0 radical (unpaired) electrons. The Labute approximate surface area is 115 Å². The largest absolute Gasteiger partial charge is 0.416 e. The average molecular weight is 292 g/mol. The Bertz CT molecular complexity index is 394. The molecule has 1 aromatic rings. The fourth-order valence-corrected chi connectivity index (χ4v) is 2.83. The van der Waals surface area contributed by atoms with Gasteiger partial charge in [0.15, 0.2) is 0 Å². The van der Waals surface area contributed by atoms with E-state index in [1.54, 1.807) is 17.8 Å². The average Bonchev–Trinajstić information content (AvgIpc) is 2.33. The van der Waals surface area contributed by atoms with E-state index in [1.807, 2.05) is 0 Å². The van der Waals surface area contributed by atoms with Crippen LogP contribution in [0.3, 0.4) is 0 Å². The molecule has 2 nitrogen and oxygen atoms in total. The number of hydrogen-bond donors (Lipinski definition) is 2. The maximum absolute atomic E-state index is 12.9. The van der Waals surface area contributed by atoms with Gasteiger partial charge >= 0.3 is 6.18 Å². The van der Waals surface area contributed by atoms with Crippen molar-refractivity contribution in [1.82, 2.24) is 5.43 Å². The first-order valence-electron chi connectivity index (χ1n) is 6.06. The first-order valence-corrected chi connectivity index (χ1v) is 7.21. The topological polar surface area (TPSA) is 38.0 Å². The zero-order valence-corrected chi connectivity index (χ0v) is 11.8. The Morgan fingerprint density at radius 1 is 1.21 bits per heavy atom. The van der Waals surface area contributed by atoms with Crippen molar-refractivity contribution in [3.8, 4) is 0 Å². The molecule has 19 heavy (non-hydrogen) atoms. The number of rotatable bonds is 6. The number of halogens is 3. The summed E-state index contributed by atoms with van der Waals surface area (Å²) in [5.41, 5.74) is 2.06. The van der Waals surface area contributed by atoms with Crippen molar-refractivity contribution in [3.63, 3.8) is 0 Å². The third kappa shape index (κ3) is 5.04. The van der Waals surface area contributed by atoms with Crippen LogP contribution in [-0.4, -0.2) is 11.5 Å². The number of thioether (sulfide) groups is 1. The van der Waals surface area contributed by atoms with E-state index in [0.717, 1.165) is 11.8 Å². The lowest BCUT2D eigenvalue weighted by molar-refractivity contribution is -0.138. The molecule has 1 atom stereocenters. The zero-order valence-electron chi connectivity index (χ0n) is 11.0. The second-order valence-electron chi connectivity index (χ2n) is 4.74. The highest BCUT2D eigenvalue weighted by Crippen LogP contribution is 2.35. The Kier molecular flexibility index (Phi) is 6.16. The minimum atomic E-state index is -4.35. The molecule has 1 rings (SSSR count). The summed E-state index contributed by atoms with van der Waals surface area (Å²) in [4.78, 5) is 0. The SMILES string of the molecule is CC(C)CSCC(NN)c1ccccc1C(F)(F)F. The molecule has 0 saturated carbocycles. The van der Waals surface area contributed by atoms with Crippen LogP contribution in [0.5, 0.6) is 0 Å². The highest BCUT2D eigenvalue weighted by molar-refractivity contribution is 7.99. The first-order chi connectivity index (χ1) is 8.86. The van der Waals surface area contributed by atoms with Crippen molar-refractivity contribution in [2.75, 3.05) is 11.5 Å². The van der Waals surface area contributed by atoms with Gasteiger partial charge in [0.25, 0.3) is 0 Å². The second-order valence-corrected chi connectivity index (χ2v) is 5.81. The van der Waals surface area contributed by atoms with Crippen molar-refractivity contribution < 1.29 is 13.2 Å². The van der Waals surface area contributed by atoms with Crippen LogP contribution in [0.25, 0.3) is 0 Å². The molecule has 0 spiro atoms. The summed E-state index contributed by atoms with van der Waals surface area (Å²) in [7, 11) is 0. The second kappa shape index (κ2) is 7.17. The number of hydrogen-bond acceptors (Lipinski definition) is 3. The fraction of sp³-hybridized carbons (Fsp3) is 0.538. The van der Waals surface area contributed by atoms with Gasteiger partial charge in [0.1, 0.15) is 0 Å². The minimum absolute atomic E-state index is 0.203. The van der Waals surface area contributed by atoms with Gasteiger partial charge in [-0.1, -0.05) is 32.0 Å². The zero-order chi connectivity index (χ0) is 14.5. The molecule has 0 amide bonds. The van der Waals surface area contributed by atoms with E-state index < -0.39 is 17.8 Å². The Morgan fingerprint density at radius 2 is 1.84 bits per heavy atom. The van der Waals surface area contributed by atoms with Crippen LogP contribution >= 0.6 is 11.8 Å². The molecule has 0 aromatic heterocycles. The summed E-state index contributed by atoms with van der Waals surface area (Å²) in [6.07, 6.45) is -4.35. The van der Waals surface area contributed by atoms with Crippen molar-refractivity contribution in [2.24, 2.45) is 11.8 Å². The van der Waals surface area contributed by atoms with E-state index in [1.165, 1.54) is 12.1 Å². The van der Waals surface area contributed by atoms with Crippen molar-refractivity contribution in [2.45, 2.75) is 26.1 Å². The summed E-state index contributed by atoms with van der Waals surface area (Å²) in [5.74, 6) is 7.32. The predicted octanol–water partition coefficient (Wildman–Crippen LogP) is 3.60. The molecule has 0 aliphatic carbocycles. The molecular formula is C13H19F3N2S. The summed E-state index contributed by atoms with van der Waals surface area (Å²) < 4.78 is 38.8. The Morgan fingerprint density at radius 3 is 2.37 bits per heavy atom. The van der Waals surface area contributed by atoms with E-state index in [0.29, 0.717) is 11.7 Å². The first kappa shape index (κ1) is 16.3. The Balaban J connectivity index is 2.86. The van der Waals surface area contributed by atoms with Crippen LogP contribution in [0.15, 0.2) is 24.3 Å². The maximum atomic E-state index is 12.9. The highest BCUT2D eigenvalue weighted by Gasteiger charge is 2.34. The van der Waals surface area contributed by atoms with Crippen LogP contribution in [0, 0.1) is 5.92 Å². The van der Waals surface area contributed by atoms with Gasteiger partial charge in [-0.15, -0.1) is 0 Å². The number of benzene rings is 1.